The highest BCUT2D eigenvalue weighted by molar-refractivity contribution is 9.11. The van der Waals surface area contributed by atoms with Gasteiger partial charge in [-0.1, -0.05) is 51.1 Å². The average molecular weight is 348 g/mol. The first-order chi connectivity index (χ1) is 7.68. The minimum absolute atomic E-state index is 0.327. The van der Waals surface area contributed by atoms with Crippen LogP contribution in [0.25, 0.3) is 0 Å². The molecule has 0 aliphatic heterocycles. The molecule has 1 aromatic carbocycles. The maximum absolute atomic E-state index is 10.4. The van der Waals surface area contributed by atoms with Crippen molar-refractivity contribution in [2.24, 2.45) is 5.92 Å². The van der Waals surface area contributed by atoms with Gasteiger partial charge in [0.05, 0.1) is 6.10 Å². The maximum Gasteiger partial charge on any atom is 0.0829 e. The molecule has 2 rings (SSSR count). The average Bonchev–Trinajstić information content (AvgIpc) is 2.32. The summed E-state index contributed by atoms with van der Waals surface area (Å²) in [5.74, 6) is 0.430. The fourth-order valence-electron chi connectivity index (χ4n) is 2.45. The smallest absolute Gasteiger partial charge is 0.0829 e. The van der Waals surface area contributed by atoms with E-state index in [2.05, 4.69) is 31.9 Å². The van der Waals surface area contributed by atoms with Gasteiger partial charge in [0.15, 0.2) is 0 Å². The van der Waals surface area contributed by atoms with Crippen molar-refractivity contribution in [3.05, 3.63) is 32.7 Å². The zero-order valence-corrected chi connectivity index (χ0v) is 12.3. The molecule has 1 N–H and O–H groups in total. The summed E-state index contributed by atoms with van der Waals surface area (Å²) in [6.45, 7) is 0. The number of aliphatic hydroxyl groups excluding tert-OH is 1. The van der Waals surface area contributed by atoms with Crippen molar-refractivity contribution >= 4 is 31.9 Å². The van der Waals surface area contributed by atoms with Gasteiger partial charge in [0.2, 0.25) is 0 Å². The number of hydrogen-bond donors (Lipinski definition) is 1. The van der Waals surface area contributed by atoms with Gasteiger partial charge in [-0.15, -0.1) is 0 Å². The van der Waals surface area contributed by atoms with Gasteiger partial charge in [-0.05, 0) is 42.5 Å². The summed E-state index contributed by atoms with van der Waals surface area (Å²) in [6, 6.07) is 6.00. The van der Waals surface area contributed by atoms with E-state index in [1.165, 1.54) is 19.3 Å². The summed E-state index contributed by atoms with van der Waals surface area (Å²) >= 11 is 6.97. The lowest BCUT2D eigenvalue weighted by Crippen LogP contribution is -2.16. The van der Waals surface area contributed by atoms with Crippen LogP contribution in [-0.4, -0.2) is 5.11 Å². The number of halogens is 2. The normalized spacial score (nSPS) is 19.7. The molecule has 1 aliphatic carbocycles. The van der Waals surface area contributed by atoms with Gasteiger partial charge < -0.3 is 5.11 Å². The van der Waals surface area contributed by atoms with E-state index < -0.39 is 0 Å². The van der Waals surface area contributed by atoms with E-state index >= 15 is 0 Å². The molecule has 88 valence electrons. The summed E-state index contributed by atoms with van der Waals surface area (Å²) in [5.41, 5.74) is 1.02. The molecule has 0 heterocycles. The van der Waals surface area contributed by atoms with Crippen molar-refractivity contribution < 1.29 is 5.11 Å². The molecular formula is C13H16Br2O. The van der Waals surface area contributed by atoms with E-state index in [-0.39, 0.29) is 6.10 Å². The molecule has 3 heteroatoms. The van der Waals surface area contributed by atoms with Gasteiger partial charge in [0.1, 0.15) is 0 Å². The van der Waals surface area contributed by atoms with Crippen LogP contribution in [-0.2, 0) is 0 Å². The van der Waals surface area contributed by atoms with Crippen LogP contribution in [0.2, 0.25) is 0 Å². The number of benzene rings is 1. The Morgan fingerprint density at radius 2 is 1.81 bits per heavy atom. The fourth-order valence-corrected chi connectivity index (χ4v) is 3.31. The molecule has 0 bridgehead atoms. The molecule has 1 unspecified atom stereocenters. The third-order valence-electron chi connectivity index (χ3n) is 3.37. The standard InChI is InChI=1S/C13H16Br2O/c14-10-6-7-12(15)11(8-10)13(16)9-4-2-1-3-5-9/h6-9,13,16H,1-5H2. The molecule has 0 spiro atoms. The molecule has 0 radical (unpaired) electrons. The van der Waals surface area contributed by atoms with Crippen LogP contribution in [0.1, 0.15) is 43.8 Å². The van der Waals surface area contributed by atoms with Crippen molar-refractivity contribution in [2.45, 2.75) is 38.2 Å². The molecule has 1 saturated carbocycles. The van der Waals surface area contributed by atoms with Gasteiger partial charge in [-0.3, -0.25) is 0 Å². The van der Waals surface area contributed by atoms with Crippen LogP contribution >= 0.6 is 31.9 Å². The molecule has 0 saturated heterocycles. The van der Waals surface area contributed by atoms with Crippen LogP contribution in [0.3, 0.4) is 0 Å². The lowest BCUT2D eigenvalue weighted by atomic mass is 9.83. The third-order valence-corrected chi connectivity index (χ3v) is 4.59. The number of rotatable bonds is 2. The van der Waals surface area contributed by atoms with Crippen molar-refractivity contribution in [1.82, 2.24) is 0 Å². The maximum atomic E-state index is 10.4. The van der Waals surface area contributed by atoms with E-state index in [1.54, 1.807) is 0 Å². The minimum Gasteiger partial charge on any atom is -0.388 e. The van der Waals surface area contributed by atoms with Crippen molar-refractivity contribution in [3.8, 4) is 0 Å². The van der Waals surface area contributed by atoms with Gasteiger partial charge >= 0.3 is 0 Å². The Hall–Kier alpha value is 0.140. The second-order valence-electron chi connectivity index (χ2n) is 4.51. The van der Waals surface area contributed by atoms with Crippen LogP contribution in [0.5, 0.6) is 0 Å². The first-order valence-corrected chi connectivity index (χ1v) is 7.40. The SMILES string of the molecule is OC(c1cc(Br)ccc1Br)C1CCCCC1. The van der Waals surface area contributed by atoms with E-state index in [9.17, 15) is 5.11 Å². The lowest BCUT2D eigenvalue weighted by molar-refractivity contribution is 0.0842. The Bertz CT molecular complexity index is 359. The zero-order chi connectivity index (χ0) is 11.5. The summed E-state index contributed by atoms with van der Waals surface area (Å²) in [4.78, 5) is 0. The Morgan fingerprint density at radius 3 is 2.50 bits per heavy atom. The van der Waals surface area contributed by atoms with Crippen LogP contribution in [0.4, 0.5) is 0 Å². The molecule has 1 aromatic rings. The molecule has 1 aliphatic rings. The largest absolute Gasteiger partial charge is 0.388 e. The highest BCUT2D eigenvalue weighted by Crippen LogP contribution is 2.37. The first-order valence-electron chi connectivity index (χ1n) is 5.81. The van der Waals surface area contributed by atoms with E-state index in [0.29, 0.717) is 5.92 Å². The second kappa shape index (κ2) is 5.65. The van der Waals surface area contributed by atoms with Crippen molar-refractivity contribution in [2.75, 3.05) is 0 Å². The monoisotopic (exact) mass is 346 g/mol. The molecule has 1 atom stereocenters. The Kier molecular flexibility index (Phi) is 4.45. The van der Waals surface area contributed by atoms with E-state index in [4.69, 9.17) is 0 Å². The Balaban J connectivity index is 2.18. The number of hydrogen-bond acceptors (Lipinski definition) is 1. The summed E-state index contributed by atoms with van der Waals surface area (Å²) < 4.78 is 2.04. The number of aliphatic hydroxyl groups is 1. The van der Waals surface area contributed by atoms with Crippen LogP contribution in [0.15, 0.2) is 27.1 Å². The van der Waals surface area contributed by atoms with Crippen LogP contribution in [0, 0.1) is 5.92 Å². The molecule has 0 amide bonds. The Morgan fingerprint density at radius 1 is 1.12 bits per heavy atom. The lowest BCUT2D eigenvalue weighted by Gasteiger charge is -2.27. The molecule has 1 nitrogen and oxygen atoms in total. The van der Waals surface area contributed by atoms with Crippen molar-refractivity contribution in [3.63, 3.8) is 0 Å². The quantitative estimate of drug-likeness (QED) is 0.812. The third kappa shape index (κ3) is 2.88. The summed E-state index contributed by atoms with van der Waals surface area (Å²) in [6.07, 6.45) is 5.82. The van der Waals surface area contributed by atoms with E-state index in [0.717, 1.165) is 27.4 Å². The fraction of sp³-hybridized carbons (Fsp3) is 0.538. The molecule has 1 fully saturated rings. The molecular weight excluding hydrogens is 332 g/mol. The second-order valence-corrected chi connectivity index (χ2v) is 6.28. The summed E-state index contributed by atoms with van der Waals surface area (Å²) in [5, 5.41) is 10.4. The van der Waals surface area contributed by atoms with E-state index in [1.807, 2.05) is 18.2 Å². The topological polar surface area (TPSA) is 20.2 Å². The Labute approximate surface area is 114 Å². The highest BCUT2D eigenvalue weighted by Gasteiger charge is 2.24. The van der Waals surface area contributed by atoms with Gasteiger partial charge in [-0.25, -0.2) is 0 Å². The predicted octanol–water partition coefficient (Wildman–Crippen LogP) is 4.83. The van der Waals surface area contributed by atoms with Gasteiger partial charge in [0.25, 0.3) is 0 Å². The minimum atomic E-state index is -0.327. The van der Waals surface area contributed by atoms with Gasteiger partial charge in [-0.2, -0.15) is 0 Å². The zero-order valence-electron chi connectivity index (χ0n) is 9.13. The van der Waals surface area contributed by atoms with Crippen molar-refractivity contribution in [1.29, 1.82) is 0 Å². The first kappa shape index (κ1) is 12.6. The van der Waals surface area contributed by atoms with Gasteiger partial charge in [0, 0.05) is 8.95 Å². The highest BCUT2D eigenvalue weighted by atomic mass is 79.9. The predicted molar refractivity (Wildman–Crippen MR) is 73.4 cm³/mol. The summed E-state index contributed by atoms with van der Waals surface area (Å²) in [7, 11) is 0. The molecule has 0 aromatic heterocycles. The molecule has 16 heavy (non-hydrogen) atoms. The van der Waals surface area contributed by atoms with Crippen LogP contribution < -0.4 is 0 Å².